The number of para-hydroxylation sites is 1. The Balaban J connectivity index is 2.47. The summed E-state index contributed by atoms with van der Waals surface area (Å²) in [5, 5.41) is 10.8. The first-order valence-electron chi connectivity index (χ1n) is 5.41. The molecule has 1 aromatic carbocycles. The second kappa shape index (κ2) is 5.89. The third-order valence-corrected chi connectivity index (χ3v) is 3.62. The summed E-state index contributed by atoms with van der Waals surface area (Å²) in [4.78, 5) is 9.71. The zero-order valence-corrected chi connectivity index (χ0v) is 11.5. The molecule has 0 radical (unpaired) electrons. The topological polar surface area (TPSA) is 86.5 Å². The Morgan fingerprint density at radius 3 is 2.40 bits per heavy atom. The first-order valence-corrected chi connectivity index (χ1v) is 6.86. The highest BCUT2D eigenvalue weighted by Crippen LogP contribution is 2.24. The zero-order valence-electron chi connectivity index (χ0n) is 9.89. The molecule has 0 fully saturated rings. The minimum atomic E-state index is -2.82. The number of benzene rings is 1. The van der Waals surface area contributed by atoms with Crippen LogP contribution in [0.2, 0.25) is 0 Å². The lowest BCUT2D eigenvalue weighted by atomic mass is 10.1. The fraction of sp³-hybridized carbons (Fsp3) is 0.0833. The SMILES string of the molecule is O=[N+]([O-])C1C(Cl)=CC=C(Oc2ccccc2)C1=S(=O)=O. The van der Waals surface area contributed by atoms with Crippen LogP contribution in [0.1, 0.15) is 0 Å². The summed E-state index contributed by atoms with van der Waals surface area (Å²) in [6.45, 7) is 0. The van der Waals surface area contributed by atoms with Crippen LogP contribution in [-0.4, -0.2) is 24.2 Å². The summed E-state index contributed by atoms with van der Waals surface area (Å²) in [6, 6.07) is 6.72. The second-order valence-electron chi connectivity index (χ2n) is 3.78. The van der Waals surface area contributed by atoms with Crippen LogP contribution in [0.4, 0.5) is 0 Å². The van der Waals surface area contributed by atoms with Crippen molar-refractivity contribution in [2.75, 3.05) is 0 Å². The molecular weight excluding hydrogens is 306 g/mol. The fourth-order valence-electron chi connectivity index (χ4n) is 1.66. The molecule has 8 heteroatoms. The molecule has 1 aliphatic carbocycles. The van der Waals surface area contributed by atoms with Gasteiger partial charge in [-0.25, -0.2) is 0 Å². The molecule has 0 spiro atoms. The van der Waals surface area contributed by atoms with Gasteiger partial charge in [0.15, 0.2) is 10.6 Å². The molecule has 1 aliphatic rings. The summed E-state index contributed by atoms with van der Waals surface area (Å²) < 4.78 is 27.9. The molecule has 0 aliphatic heterocycles. The predicted molar refractivity (Wildman–Crippen MR) is 73.8 cm³/mol. The Labute approximate surface area is 120 Å². The molecular formula is C12H8ClNO5S. The van der Waals surface area contributed by atoms with Crippen molar-refractivity contribution in [1.29, 1.82) is 0 Å². The summed E-state index contributed by atoms with van der Waals surface area (Å²) in [6.07, 6.45) is 2.55. The van der Waals surface area contributed by atoms with Gasteiger partial charge in [-0.1, -0.05) is 29.8 Å². The number of nitrogens with zero attached hydrogens (tertiary/aromatic N) is 1. The Bertz CT molecular complexity index is 728. The maximum Gasteiger partial charge on any atom is 0.291 e. The van der Waals surface area contributed by atoms with E-state index in [0.717, 1.165) is 0 Å². The van der Waals surface area contributed by atoms with E-state index in [4.69, 9.17) is 16.3 Å². The lowest BCUT2D eigenvalue weighted by Gasteiger charge is -2.16. The van der Waals surface area contributed by atoms with Crippen LogP contribution in [0.3, 0.4) is 0 Å². The molecule has 0 bridgehead atoms. The van der Waals surface area contributed by atoms with Crippen molar-refractivity contribution in [3.05, 3.63) is 63.4 Å². The van der Waals surface area contributed by atoms with Gasteiger partial charge in [0.05, 0.1) is 5.03 Å². The third kappa shape index (κ3) is 2.89. The molecule has 0 N–H and O–H groups in total. The maximum absolute atomic E-state index is 11.3. The Morgan fingerprint density at radius 2 is 1.85 bits per heavy atom. The molecule has 2 rings (SSSR count). The molecule has 0 aromatic heterocycles. The van der Waals surface area contributed by atoms with Crippen LogP contribution in [0.5, 0.6) is 5.75 Å². The number of ether oxygens (including phenoxy) is 1. The highest BCUT2D eigenvalue weighted by molar-refractivity contribution is 7.73. The van der Waals surface area contributed by atoms with Crippen LogP contribution >= 0.6 is 11.6 Å². The molecule has 104 valence electrons. The van der Waals surface area contributed by atoms with Crippen LogP contribution in [-0.2, 0) is 10.3 Å². The van der Waals surface area contributed by atoms with Gasteiger partial charge in [0.2, 0.25) is 10.3 Å². The Hall–Kier alpha value is -2.12. The predicted octanol–water partition coefficient (Wildman–Crippen LogP) is 1.78. The van der Waals surface area contributed by atoms with Crippen molar-refractivity contribution in [2.24, 2.45) is 0 Å². The van der Waals surface area contributed by atoms with Crippen LogP contribution in [0, 0.1) is 10.1 Å². The van der Waals surface area contributed by atoms with Gasteiger partial charge in [0.25, 0.3) is 6.04 Å². The molecule has 0 saturated carbocycles. The monoisotopic (exact) mass is 313 g/mol. The van der Waals surface area contributed by atoms with Gasteiger partial charge in [0.1, 0.15) is 5.75 Å². The number of rotatable bonds is 3. The lowest BCUT2D eigenvalue weighted by molar-refractivity contribution is -0.491. The van der Waals surface area contributed by atoms with Crippen molar-refractivity contribution >= 4 is 26.8 Å². The van der Waals surface area contributed by atoms with Crippen molar-refractivity contribution < 1.29 is 18.1 Å². The van der Waals surface area contributed by atoms with E-state index in [0.29, 0.717) is 5.75 Å². The van der Waals surface area contributed by atoms with E-state index in [1.165, 1.54) is 12.2 Å². The van der Waals surface area contributed by atoms with E-state index in [1.54, 1.807) is 30.3 Å². The van der Waals surface area contributed by atoms with E-state index in [2.05, 4.69) is 0 Å². The first kappa shape index (κ1) is 14.3. The number of allylic oxidation sites excluding steroid dienone is 2. The smallest absolute Gasteiger partial charge is 0.291 e. The van der Waals surface area contributed by atoms with Gasteiger partial charge >= 0.3 is 0 Å². The lowest BCUT2D eigenvalue weighted by Crippen LogP contribution is -2.35. The molecule has 1 aromatic rings. The summed E-state index contributed by atoms with van der Waals surface area (Å²) in [7, 11) is -2.82. The van der Waals surface area contributed by atoms with Gasteiger partial charge < -0.3 is 4.74 Å². The van der Waals surface area contributed by atoms with Gasteiger partial charge in [-0.2, -0.15) is 8.42 Å². The normalized spacial score (nSPS) is 18.1. The minimum absolute atomic E-state index is 0.115. The number of hydrogen-bond donors (Lipinski definition) is 0. The van der Waals surface area contributed by atoms with E-state index in [-0.39, 0.29) is 10.8 Å². The van der Waals surface area contributed by atoms with E-state index < -0.39 is 26.1 Å². The molecule has 6 nitrogen and oxygen atoms in total. The summed E-state index contributed by atoms with van der Waals surface area (Å²) in [5.41, 5.74) is 0. The highest BCUT2D eigenvalue weighted by atomic mass is 35.5. The molecule has 1 unspecified atom stereocenters. The highest BCUT2D eigenvalue weighted by Gasteiger charge is 2.38. The van der Waals surface area contributed by atoms with Crippen LogP contribution in [0.15, 0.2) is 53.3 Å². The van der Waals surface area contributed by atoms with Gasteiger partial charge in [-0.3, -0.25) is 10.1 Å². The van der Waals surface area contributed by atoms with Gasteiger partial charge in [0, 0.05) is 4.92 Å². The minimum Gasteiger partial charge on any atom is -0.456 e. The molecule has 1 atom stereocenters. The second-order valence-corrected chi connectivity index (χ2v) is 5.13. The van der Waals surface area contributed by atoms with Crippen molar-refractivity contribution in [3.63, 3.8) is 0 Å². The maximum atomic E-state index is 11.3. The van der Waals surface area contributed by atoms with Gasteiger partial charge in [-0.05, 0) is 24.3 Å². The first-order chi connectivity index (χ1) is 9.50. The fourth-order valence-corrected chi connectivity index (χ4v) is 2.64. The molecule has 0 amide bonds. The van der Waals surface area contributed by atoms with Crippen LogP contribution < -0.4 is 4.74 Å². The van der Waals surface area contributed by atoms with Crippen molar-refractivity contribution in [2.45, 2.75) is 6.04 Å². The quantitative estimate of drug-likeness (QED) is 0.482. The van der Waals surface area contributed by atoms with Crippen molar-refractivity contribution in [3.8, 4) is 5.75 Å². The average molecular weight is 314 g/mol. The largest absolute Gasteiger partial charge is 0.456 e. The summed E-state index contributed by atoms with van der Waals surface area (Å²) >= 11 is 5.71. The number of nitro groups is 1. The van der Waals surface area contributed by atoms with Crippen LogP contribution in [0.25, 0.3) is 0 Å². The average Bonchev–Trinajstić information content (AvgIpc) is 2.41. The van der Waals surface area contributed by atoms with Gasteiger partial charge in [-0.15, -0.1) is 0 Å². The van der Waals surface area contributed by atoms with E-state index in [1.807, 2.05) is 0 Å². The molecule has 0 saturated heterocycles. The number of halogens is 1. The zero-order chi connectivity index (χ0) is 14.7. The van der Waals surface area contributed by atoms with E-state index in [9.17, 15) is 18.5 Å². The summed E-state index contributed by atoms with van der Waals surface area (Å²) in [5.74, 6) is 0.255. The molecule has 0 heterocycles. The number of hydrogen-bond acceptors (Lipinski definition) is 5. The molecule has 20 heavy (non-hydrogen) atoms. The third-order valence-electron chi connectivity index (χ3n) is 2.51. The Kier molecular flexibility index (Phi) is 4.21. The van der Waals surface area contributed by atoms with E-state index >= 15 is 0 Å². The standard InChI is InChI=1S/C12H8ClNO5S/c13-9-6-7-10(19-8-4-2-1-3-5-8)12(20(17)18)11(9)14(15)16/h1-7,11H. The Morgan fingerprint density at radius 1 is 1.20 bits per heavy atom. The van der Waals surface area contributed by atoms with Crippen molar-refractivity contribution in [1.82, 2.24) is 0 Å².